The van der Waals surface area contributed by atoms with E-state index in [-0.39, 0.29) is 0 Å². The zero-order valence-corrected chi connectivity index (χ0v) is 32.3. The molecule has 0 bridgehead atoms. The standard InChI is InChI=1S/C55H33N5/c1-3-14-37-29-40(23-21-34(37)11-1)53-56-54(41-24-22-35-12-2-4-15-38(35)30-41)58-55(57-53)60-48-19-9-7-17-45(48)47-32-42-31-43(27-25-39(42)33-51(47)60)59-49-20-10-8-18-46(49)52-44-16-6-5-13-36(44)26-28-50(52)59/h1-33H. The molecule has 0 fully saturated rings. The molecular formula is C55H33N5. The molecule has 0 atom stereocenters. The van der Waals surface area contributed by atoms with Crippen molar-refractivity contribution in [2.75, 3.05) is 0 Å². The van der Waals surface area contributed by atoms with E-state index in [1.54, 1.807) is 0 Å². The summed E-state index contributed by atoms with van der Waals surface area (Å²) in [7, 11) is 0. The summed E-state index contributed by atoms with van der Waals surface area (Å²) >= 11 is 0. The smallest absolute Gasteiger partial charge is 0.238 e. The van der Waals surface area contributed by atoms with E-state index in [1.165, 1.54) is 48.7 Å². The van der Waals surface area contributed by atoms with Gasteiger partial charge in [0.25, 0.3) is 0 Å². The van der Waals surface area contributed by atoms with E-state index in [1.807, 2.05) is 0 Å². The van der Waals surface area contributed by atoms with Crippen LogP contribution in [-0.2, 0) is 0 Å². The van der Waals surface area contributed by atoms with Gasteiger partial charge in [0.1, 0.15) is 0 Å². The third kappa shape index (κ3) is 4.96. The molecule has 60 heavy (non-hydrogen) atoms. The monoisotopic (exact) mass is 763 g/mol. The van der Waals surface area contributed by atoms with Gasteiger partial charge in [-0.05, 0) is 97.7 Å². The normalized spacial score (nSPS) is 12.0. The quantitative estimate of drug-likeness (QED) is 0.179. The van der Waals surface area contributed by atoms with E-state index in [0.717, 1.165) is 54.8 Å². The van der Waals surface area contributed by atoms with Crippen LogP contribution >= 0.6 is 0 Å². The van der Waals surface area contributed by atoms with Gasteiger partial charge in [0.15, 0.2) is 11.6 Å². The number of fused-ring (bicyclic) bond motifs is 11. The first kappa shape index (κ1) is 32.9. The molecule has 0 saturated carbocycles. The average molecular weight is 764 g/mol. The minimum Gasteiger partial charge on any atom is -0.309 e. The van der Waals surface area contributed by atoms with Gasteiger partial charge in [0.05, 0.1) is 22.1 Å². The number of nitrogens with zero attached hydrogens (tertiary/aromatic N) is 5. The fourth-order valence-corrected chi connectivity index (χ4v) is 9.45. The summed E-state index contributed by atoms with van der Waals surface area (Å²) in [4.78, 5) is 15.7. The maximum Gasteiger partial charge on any atom is 0.238 e. The van der Waals surface area contributed by atoms with Crippen LogP contribution in [0.2, 0.25) is 0 Å². The van der Waals surface area contributed by atoms with Crippen molar-refractivity contribution < 1.29 is 0 Å². The molecule has 0 radical (unpaired) electrons. The molecule has 0 aliphatic rings. The Kier molecular flexibility index (Phi) is 6.95. The highest BCUT2D eigenvalue weighted by molar-refractivity contribution is 6.21. The number of aromatic nitrogens is 5. The molecule has 0 N–H and O–H groups in total. The minimum absolute atomic E-state index is 0.580. The van der Waals surface area contributed by atoms with Crippen LogP contribution in [0.4, 0.5) is 0 Å². The molecule has 13 rings (SSSR count). The molecule has 0 aliphatic heterocycles. The molecule has 0 amide bonds. The Labute approximate surface area is 344 Å². The second kappa shape index (κ2) is 12.7. The van der Waals surface area contributed by atoms with Gasteiger partial charge in [0, 0.05) is 38.4 Å². The van der Waals surface area contributed by atoms with Crippen molar-refractivity contribution in [1.29, 1.82) is 0 Å². The molecule has 0 saturated heterocycles. The van der Waals surface area contributed by atoms with Crippen LogP contribution in [-0.4, -0.2) is 24.1 Å². The van der Waals surface area contributed by atoms with Crippen molar-refractivity contribution in [3.8, 4) is 34.4 Å². The first-order chi connectivity index (χ1) is 29.7. The Hall–Kier alpha value is -8.15. The number of benzene rings is 10. The summed E-state index contributed by atoms with van der Waals surface area (Å²) in [5, 5.41) is 14.3. The molecule has 5 heteroatoms. The Morgan fingerprint density at radius 2 is 0.817 bits per heavy atom. The lowest BCUT2D eigenvalue weighted by molar-refractivity contribution is 0.954. The van der Waals surface area contributed by atoms with Crippen molar-refractivity contribution in [2.45, 2.75) is 0 Å². The van der Waals surface area contributed by atoms with E-state index in [2.05, 4.69) is 209 Å². The second-order valence-corrected chi connectivity index (χ2v) is 15.7. The molecule has 5 nitrogen and oxygen atoms in total. The lowest BCUT2D eigenvalue weighted by Crippen LogP contribution is -2.06. The van der Waals surface area contributed by atoms with Gasteiger partial charge in [-0.3, -0.25) is 4.57 Å². The zero-order valence-electron chi connectivity index (χ0n) is 32.3. The summed E-state index contributed by atoms with van der Waals surface area (Å²) in [6, 6.07) is 71.7. The van der Waals surface area contributed by atoms with Crippen LogP contribution in [0.5, 0.6) is 0 Å². The van der Waals surface area contributed by atoms with Gasteiger partial charge in [-0.25, -0.2) is 4.98 Å². The summed E-state index contributed by atoms with van der Waals surface area (Å²) in [6.45, 7) is 0. The van der Waals surface area contributed by atoms with Crippen molar-refractivity contribution in [1.82, 2.24) is 24.1 Å². The maximum absolute atomic E-state index is 5.29. The van der Waals surface area contributed by atoms with Gasteiger partial charge >= 0.3 is 0 Å². The Bertz CT molecular complexity index is 3810. The maximum atomic E-state index is 5.29. The first-order valence-electron chi connectivity index (χ1n) is 20.3. The van der Waals surface area contributed by atoms with E-state index < -0.39 is 0 Å². The van der Waals surface area contributed by atoms with Crippen LogP contribution in [0.3, 0.4) is 0 Å². The van der Waals surface area contributed by atoms with Crippen LogP contribution in [0.25, 0.3) is 121 Å². The lowest BCUT2D eigenvalue weighted by atomic mass is 10.0. The van der Waals surface area contributed by atoms with E-state index >= 15 is 0 Å². The SMILES string of the molecule is c1ccc2cc(-c3nc(-c4ccc5ccccc5c4)nc(-n4c5ccccc5c5cc6cc(-n7c8ccccc8c8c9ccccc9ccc87)ccc6cc54)n3)ccc2c1. The first-order valence-corrected chi connectivity index (χ1v) is 20.3. The van der Waals surface area contributed by atoms with Gasteiger partial charge in [-0.2, -0.15) is 9.97 Å². The van der Waals surface area contributed by atoms with Gasteiger partial charge in [0.2, 0.25) is 5.95 Å². The highest BCUT2D eigenvalue weighted by Gasteiger charge is 2.20. The third-order valence-corrected chi connectivity index (χ3v) is 12.3. The number of rotatable bonds is 4. The molecular weight excluding hydrogens is 731 g/mol. The average Bonchev–Trinajstić information content (AvgIpc) is 3.83. The van der Waals surface area contributed by atoms with Crippen molar-refractivity contribution in [3.05, 3.63) is 200 Å². The minimum atomic E-state index is 0.580. The van der Waals surface area contributed by atoms with Crippen LogP contribution in [0.15, 0.2) is 200 Å². The van der Waals surface area contributed by atoms with E-state index in [4.69, 9.17) is 15.0 Å². The number of hydrogen-bond acceptors (Lipinski definition) is 3. The Morgan fingerprint density at radius 1 is 0.283 bits per heavy atom. The zero-order chi connectivity index (χ0) is 39.3. The summed E-state index contributed by atoms with van der Waals surface area (Å²) in [5.41, 5.74) is 7.49. The van der Waals surface area contributed by atoms with Crippen LogP contribution in [0, 0.1) is 0 Å². The predicted molar refractivity (Wildman–Crippen MR) is 249 cm³/mol. The molecule has 0 spiro atoms. The molecule has 10 aromatic carbocycles. The fraction of sp³-hybridized carbons (Fsp3) is 0. The molecule has 0 unspecified atom stereocenters. The highest BCUT2D eigenvalue weighted by Crippen LogP contribution is 2.39. The topological polar surface area (TPSA) is 48.5 Å². The molecule has 3 heterocycles. The highest BCUT2D eigenvalue weighted by atomic mass is 15.2. The summed E-state index contributed by atoms with van der Waals surface area (Å²) < 4.78 is 4.63. The number of para-hydroxylation sites is 2. The Balaban J connectivity index is 1.04. The largest absolute Gasteiger partial charge is 0.309 e. The van der Waals surface area contributed by atoms with Crippen molar-refractivity contribution in [3.63, 3.8) is 0 Å². The van der Waals surface area contributed by atoms with Gasteiger partial charge in [-0.1, -0.05) is 146 Å². The summed E-state index contributed by atoms with van der Waals surface area (Å²) in [5.74, 6) is 1.84. The van der Waals surface area contributed by atoms with Gasteiger partial charge < -0.3 is 4.57 Å². The van der Waals surface area contributed by atoms with Gasteiger partial charge in [-0.15, -0.1) is 0 Å². The van der Waals surface area contributed by atoms with E-state index in [9.17, 15) is 0 Å². The molecule has 3 aromatic heterocycles. The molecule has 13 aromatic rings. The van der Waals surface area contributed by atoms with Crippen LogP contribution in [0.1, 0.15) is 0 Å². The predicted octanol–water partition coefficient (Wildman–Crippen LogP) is 14.0. The lowest BCUT2D eigenvalue weighted by Gasteiger charge is -2.12. The molecule has 278 valence electrons. The fourth-order valence-electron chi connectivity index (χ4n) is 9.45. The Morgan fingerprint density at radius 3 is 1.52 bits per heavy atom. The number of hydrogen-bond donors (Lipinski definition) is 0. The molecule has 0 aliphatic carbocycles. The van der Waals surface area contributed by atoms with Crippen molar-refractivity contribution in [2.24, 2.45) is 0 Å². The van der Waals surface area contributed by atoms with Crippen molar-refractivity contribution >= 4 is 86.7 Å². The summed E-state index contributed by atoms with van der Waals surface area (Å²) in [6.07, 6.45) is 0. The van der Waals surface area contributed by atoms with E-state index in [0.29, 0.717) is 17.6 Å². The van der Waals surface area contributed by atoms with Crippen LogP contribution < -0.4 is 0 Å². The second-order valence-electron chi connectivity index (χ2n) is 15.7. The third-order valence-electron chi connectivity index (χ3n) is 12.3.